The molecule has 2 amide bonds. The Morgan fingerprint density at radius 1 is 1.10 bits per heavy atom. The Morgan fingerprint density at radius 3 is 2.50 bits per heavy atom. The summed E-state index contributed by atoms with van der Waals surface area (Å²) in [6.45, 7) is 2.14. The highest BCUT2D eigenvalue weighted by Gasteiger charge is 2.21. The molecule has 0 aliphatic carbocycles. The third kappa shape index (κ3) is 5.88. The lowest BCUT2D eigenvalue weighted by atomic mass is 10.1. The average Bonchev–Trinajstić information content (AvgIpc) is 2.78. The number of nitrogens with zero attached hydrogens (tertiary/aromatic N) is 1. The van der Waals surface area contributed by atoms with Crippen LogP contribution in [0.3, 0.4) is 0 Å². The summed E-state index contributed by atoms with van der Waals surface area (Å²) in [7, 11) is 1.60. The van der Waals surface area contributed by atoms with E-state index in [4.69, 9.17) is 21.7 Å². The Kier molecular flexibility index (Phi) is 7.53. The lowest BCUT2D eigenvalue weighted by molar-refractivity contribution is -0.115. The Hall–Kier alpha value is -3.23. The van der Waals surface area contributed by atoms with E-state index in [2.05, 4.69) is 10.6 Å². The standard InChI is InChI=1S/C22H23N3O4S/c1-28-17-9-6-16(7-10-17)8-11-20(26)24-22(30)23-19-5-3-2-4-18(19)21(27)25-12-14-29-15-13-25/h2-11H,12-15H2,1H3,(H2,23,24,26,30)/b11-8+. The second-order valence-corrected chi connectivity index (χ2v) is 6.91. The van der Waals surface area contributed by atoms with Crippen LogP contribution < -0.4 is 15.4 Å². The van der Waals surface area contributed by atoms with Gasteiger partial charge in [-0.25, -0.2) is 0 Å². The fourth-order valence-corrected chi connectivity index (χ4v) is 3.12. The van der Waals surface area contributed by atoms with Gasteiger partial charge in [0.2, 0.25) is 5.91 Å². The first-order valence-electron chi connectivity index (χ1n) is 9.47. The van der Waals surface area contributed by atoms with E-state index in [9.17, 15) is 9.59 Å². The molecule has 2 aromatic rings. The number of nitrogens with one attached hydrogen (secondary N) is 2. The molecule has 30 heavy (non-hydrogen) atoms. The number of para-hydroxylation sites is 1. The molecule has 156 valence electrons. The predicted molar refractivity (Wildman–Crippen MR) is 120 cm³/mol. The van der Waals surface area contributed by atoms with Gasteiger partial charge in [0.15, 0.2) is 5.11 Å². The number of benzene rings is 2. The monoisotopic (exact) mass is 425 g/mol. The van der Waals surface area contributed by atoms with Crippen LogP contribution in [0.15, 0.2) is 54.6 Å². The van der Waals surface area contributed by atoms with Crippen LogP contribution in [-0.4, -0.2) is 55.2 Å². The molecule has 0 radical (unpaired) electrons. The second-order valence-electron chi connectivity index (χ2n) is 6.50. The first-order chi connectivity index (χ1) is 14.6. The van der Waals surface area contributed by atoms with E-state index in [0.717, 1.165) is 11.3 Å². The van der Waals surface area contributed by atoms with E-state index in [1.807, 2.05) is 24.3 Å². The van der Waals surface area contributed by atoms with Gasteiger partial charge >= 0.3 is 0 Å². The molecule has 0 bridgehead atoms. The Bertz CT molecular complexity index is 938. The predicted octanol–water partition coefficient (Wildman–Crippen LogP) is 2.69. The SMILES string of the molecule is COc1ccc(/C=C/C(=O)NC(=S)Nc2ccccc2C(=O)N2CCOCC2)cc1. The number of thiocarbonyl (C=S) groups is 1. The number of carbonyl (C=O) groups is 2. The van der Waals surface area contributed by atoms with Crippen LogP contribution in [0.5, 0.6) is 5.75 Å². The number of hydrogen-bond donors (Lipinski definition) is 2. The third-order valence-corrected chi connectivity index (χ3v) is 4.69. The number of carbonyl (C=O) groups excluding carboxylic acids is 2. The molecule has 3 rings (SSSR count). The number of morpholine rings is 1. The number of rotatable bonds is 5. The molecule has 7 nitrogen and oxygen atoms in total. The van der Waals surface area contributed by atoms with Crippen molar-refractivity contribution < 1.29 is 19.1 Å². The molecule has 1 aliphatic rings. The van der Waals surface area contributed by atoms with Crippen molar-refractivity contribution in [3.8, 4) is 5.75 Å². The van der Waals surface area contributed by atoms with Crippen molar-refractivity contribution in [2.45, 2.75) is 0 Å². The van der Waals surface area contributed by atoms with E-state index in [1.54, 1.807) is 42.4 Å². The fourth-order valence-electron chi connectivity index (χ4n) is 2.91. The smallest absolute Gasteiger partial charge is 0.256 e. The van der Waals surface area contributed by atoms with Gasteiger partial charge in [0, 0.05) is 19.2 Å². The number of hydrogen-bond acceptors (Lipinski definition) is 5. The lowest BCUT2D eigenvalue weighted by Gasteiger charge is -2.27. The molecule has 2 N–H and O–H groups in total. The number of anilines is 1. The molecule has 0 unspecified atom stereocenters. The average molecular weight is 426 g/mol. The molecular formula is C22H23N3O4S. The molecular weight excluding hydrogens is 402 g/mol. The zero-order valence-electron chi connectivity index (χ0n) is 16.6. The van der Waals surface area contributed by atoms with Crippen molar-refractivity contribution in [2.75, 3.05) is 38.7 Å². The molecule has 1 aliphatic heterocycles. The molecule has 2 aromatic carbocycles. The largest absolute Gasteiger partial charge is 0.497 e. The van der Waals surface area contributed by atoms with Crippen molar-refractivity contribution in [1.82, 2.24) is 10.2 Å². The molecule has 0 atom stereocenters. The van der Waals surface area contributed by atoms with Crippen LogP contribution in [0.2, 0.25) is 0 Å². The maximum atomic E-state index is 12.8. The van der Waals surface area contributed by atoms with Crippen LogP contribution >= 0.6 is 12.2 Å². The lowest BCUT2D eigenvalue weighted by Crippen LogP contribution is -2.41. The minimum atomic E-state index is -0.375. The molecule has 1 saturated heterocycles. The summed E-state index contributed by atoms with van der Waals surface area (Å²) in [4.78, 5) is 26.7. The molecule has 8 heteroatoms. The van der Waals surface area contributed by atoms with Crippen molar-refractivity contribution in [1.29, 1.82) is 0 Å². The van der Waals surface area contributed by atoms with Crippen molar-refractivity contribution in [3.63, 3.8) is 0 Å². The Balaban J connectivity index is 1.59. The van der Waals surface area contributed by atoms with E-state index in [1.165, 1.54) is 6.08 Å². The first-order valence-corrected chi connectivity index (χ1v) is 9.88. The van der Waals surface area contributed by atoms with Crippen LogP contribution in [0.25, 0.3) is 6.08 Å². The van der Waals surface area contributed by atoms with Crippen molar-refractivity contribution in [3.05, 3.63) is 65.7 Å². The van der Waals surface area contributed by atoms with Crippen LogP contribution in [-0.2, 0) is 9.53 Å². The topological polar surface area (TPSA) is 79.9 Å². The van der Waals surface area contributed by atoms with Gasteiger partial charge in [0.1, 0.15) is 5.75 Å². The minimum absolute atomic E-state index is 0.102. The van der Waals surface area contributed by atoms with Gasteiger partial charge in [-0.05, 0) is 48.1 Å². The van der Waals surface area contributed by atoms with Gasteiger partial charge in [-0.2, -0.15) is 0 Å². The highest BCUT2D eigenvalue weighted by molar-refractivity contribution is 7.80. The maximum Gasteiger partial charge on any atom is 0.256 e. The van der Waals surface area contributed by atoms with Gasteiger partial charge in [0.05, 0.1) is 31.6 Å². The summed E-state index contributed by atoms with van der Waals surface area (Å²) in [5.74, 6) is 0.266. The van der Waals surface area contributed by atoms with Crippen molar-refractivity contribution >= 4 is 40.9 Å². The van der Waals surface area contributed by atoms with E-state index in [-0.39, 0.29) is 16.9 Å². The van der Waals surface area contributed by atoms with Gasteiger partial charge in [-0.1, -0.05) is 24.3 Å². The number of ether oxygens (including phenoxy) is 2. The quantitative estimate of drug-likeness (QED) is 0.566. The van der Waals surface area contributed by atoms with Crippen molar-refractivity contribution in [2.24, 2.45) is 0 Å². The van der Waals surface area contributed by atoms with Crippen LogP contribution in [0, 0.1) is 0 Å². The summed E-state index contributed by atoms with van der Waals surface area (Å²) in [5, 5.41) is 5.65. The van der Waals surface area contributed by atoms with Gasteiger partial charge in [0.25, 0.3) is 5.91 Å². The molecule has 0 spiro atoms. The highest BCUT2D eigenvalue weighted by atomic mass is 32.1. The first kappa shape index (κ1) is 21.5. The fraction of sp³-hybridized carbons (Fsp3) is 0.227. The summed E-state index contributed by atoms with van der Waals surface area (Å²) in [6, 6.07) is 14.4. The Labute approximate surface area is 180 Å². The molecule has 0 aromatic heterocycles. The van der Waals surface area contributed by atoms with E-state index < -0.39 is 0 Å². The molecule has 0 saturated carbocycles. The second kappa shape index (κ2) is 10.5. The molecule has 1 heterocycles. The zero-order chi connectivity index (χ0) is 21.3. The molecule has 1 fully saturated rings. The van der Waals surface area contributed by atoms with Crippen LogP contribution in [0.1, 0.15) is 15.9 Å². The zero-order valence-corrected chi connectivity index (χ0v) is 17.4. The summed E-state index contributed by atoms with van der Waals surface area (Å²) < 4.78 is 10.4. The summed E-state index contributed by atoms with van der Waals surface area (Å²) >= 11 is 5.24. The van der Waals surface area contributed by atoms with Gasteiger partial charge in [-0.15, -0.1) is 0 Å². The number of methoxy groups -OCH3 is 1. The minimum Gasteiger partial charge on any atom is -0.497 e. The summed E-state index contributed by atoms with van der Waals surface area (Å²) in [6.07, 6.45) is 3.06. The normalized spacial score (nSPS) is 13.7. The Morgan fingerprint density at radius 2 is 1.80 bits per heavy atom. The summed E-state index contributed by atoms with van der Waals surface area (Å²) in [5.41, 5.74) is 1.88. The highest BCUT2D eigenvalue weighted by Crippen LogP contribution is 2.18. The number of amides is 2. The van der Waals surface area contributed by atoms with E-state index >= 15 is 0 Å². The third-order valence-electron chi connectivity index (χ3n) is 4.48. The van der Waals surface area contributed by atoms with Gasteiger partial charge in [-0.3, -0.25) is 14.9 Å². The van der Waals surface area contributed by atoms with Crippen LogP contribution in [0.4, 0.5) is 5.69 Å². The maximum absolute atomic E-state index is 12.8. The van der Waals surface area contributed by atoms with Gasteiger partial charge < -0.3 is 19.7 Å². The van der Waals surface area contributed by atoms with E-state index in [0.29, 0.717) is 37.6 Å².